The summed E-state index contributed by atoms with van der Waals surface area (Å²) in [4.78, 5) is 0. The molecule has 0 heterocycles. The third-order valence-electron chi connectivity index (χ3n) is 1.99. The first kappa shape index (κ1) is 12.9. The maximum Gasteiger partial charge on any atom is 0.265 e. The lowest BCUT2D eigenvalue weighted by molar-refractivity contribution is 0.190. The van der Waals surface area contributed by atoms with Crippen molar-refractivity contribution < 1.29 is 8.78 Å². The zero-order chi connectivity index (χ0) is 11.1. The minimum atomic E-state index is -2.51. The summed E-state index contributed by atoms with van der Waals surface area (Å²) >= 11 is 0. The monoisotopic (exact) mass is 201 g/mol. The van der Waals surface area contributed by atoms with Gasteiger partial charge in [-0.25, -0.2) is 8.78 Å². The van der Waals surface area contributed by atoms with E-state index in [-0.39, 0.29) is 11.3 Å². The molecule has 2 N–H and O–H groups in total. The van der Waals surface area contributed by atoms with Gasteiger partial charge in [-0.2, -0.15) is 0 Å². The summed E-state index contributed by atoms with van der Waals surface area (Å²) in [7, 11) is 0. The predicted molar refractivity (Wildman–Crippen MR) is 56.1 cm³/mol. The van der Waals surface area contributed by atoms with Crippen LogP contribution in [0.3, 0.4) is 0 Å². The number of allylic oxidation sites excluding steroid dienone is 5. The number of halogens is 2. The molecule has 14 heavy (non-hydrogen) atoms. The lowest BCUT2D eigenvalue weighted by Gasteiger charge is -2.12. The number of hydrogen-bond acceptors (Lipinski definition) is 1. The summed E-state index contributed by atoms with van der Waals surface area (Å²) in [6.07, 6.45) is 1.55. The van der Waals surface area contributed by atoms with Crippen molar-refractivity contribution in [1.82, 2.24) is 0 Å². The van der Waals surface area contributed by atoms with Gasteiger partial charge in [-0.15, -0.1) is 0 Å². The van der Waals surface area contributed by atoms with Gasteiger partial charge in [-0.3, -0.25) is 0 Å². The molecule has 3 heteroatoms. The molecular formula is C11H17F2N. The standard InChI is InChI=1S/C11H17F2N/c1-4-7-8(5-2)10(11(12)13)9(14)6-3/h4,7,11H,1,5-6,14H2,2-3H3/b8-7-,10-9+. The summed E-state index contributed by atoms with van der Waals surface area (Å²) in [5.41, 5.74) is 6.34. The summed E-state index contributed by atoms with van der Waals surface area (Å²) in [5.74, 6) is 0. The van der Waals surface area contributed by atoms with Gasteiger partial charge in [-0.1, -0.05) is 32.6 Å². The molecule has 0 aliphatic carbocycles. The van der Waals surface area contributed by atoms with Crippen molar-refractivity contribution in [3.8, 4) is 0 Å². The van der Waals surface area contributed by atoms with Crippen LogP contribution < -0.4 is 5.73 Å². The number of nitrogens with two attached hydrogens (primary N) is 1. The van der Waals surface area contributed by atoms with Crippen molar-refractivity contribution in [2.75, 3.05) is 0 Å². The molecule has 0 aliphatic rings. The Morgan fingerprint density at radius 2 is 1.93 bits per heavy atom. The van der Waals surface area contributed by atoms with E-state index in [1.54, 1.807) is 13.0 Å². The minimum Gasteiger partial charge on any atom is -0.402 e. The third kappa shape index (κ3) is 3.32. The Kier molecular flexibility index (Phi) is 5.84. The molecule has 0 aromatic carbocycles. The first-order chi connectivity index (χ1) is 6.58. The Morgan fingerprint density at radius 1 is 1.36 bits per heavy atom. The number of alkyl halides is 2. The fourth-order valence-corrected chi connectivity index (χ4v) is 1.22. The second kappa shape index (κ2) is 6.35. The summed E-state index contributed by atoms with van der Waals surface area (Å²) in [5, 5.41) is 0. The molecule has 80 valence electrons. The lowest BCUT2D eigenvalue weighted by Crippen LogP contribution is -2.10. The molecule has 0 unspecified atom stereocenters. The molecular weight excluding hydrogens is 184 g/mol. The van der Waals surface area contributed by atoms with Gasteiger partial charge in [0, 0.05) is 11.3 Å². The molecule has 0 radical (unpaired) electrons. The first-order valence-corrected chi connectivity index (χ1v) is 4.67. The van der Waals surface area contributed by atoms with Gasteiger partial charge in [0.15, 0.2) is 0 Å². The van der Waals surface area contributed by atoms with Gasteiger partial charge in [0.2, 0.25) is 0 Å². The van der Waals surface area contributed by atoms with E-state index in [0.29, 0.717) is 18.4 Å². The van der Waals surface area contributed by atoms with Crippen molar-refractivity contribution in [2.45, 2.75) is 33.1 Å². The van der Waals surface area contributed by atoms with Crippen LogP contribution in [0.5, 0.6) is 0 Å². The van der Waals surface area contributed by atoms with E-state index in [1.807, 2.05) is 6.92 Å². The third-order valence-corrected chi connectivity index (χ3v) is 1.99. The molecule has 0 fully saturated rings. The van der Waals surface area contributed by atoms with E-state index in [1.165, 1.54) is 6.08 Å². The summed E-state index contributed by atoms with van der Waals surface area (Å²) in [6, 6.07) is 0. The fourth-order valence-electron chi connectivity index (χ4n) is 1.22. The largest absolute Gasteiger partial charge is 0.402 e. The average molecular weight is 201 g/mol. The van der Waals surface area contributed by atoms with E-state index in [4.69, 9.17) is 5.73 Å². The van der Waals surface area contributed by atoms with Crippen LogP contribution in [0.15, 0.2) is 35.6 Å². The molecule has 0 atom stereocenters. The second-order valence-electron chi connectivity index (χ2n) is 2.87. The highest BCUT2D eigenvalue weighted by Crippen LogP contribution is 2.24. The van der Waals surface area contributed by atoms with E-state index in [0.717, 1.165) is 0 Å². The van der Waals surface area contributed by atoms with Crippen LogP contribution >= 0.6 is 0 Å². The van der Waals surface area contributed by atoms with E-state index < -0.39 is 6.43 Å². The van der Waals surface area contributed by atoms with E-state index in [9.17, 15) is 8.78 Å². The van der Waals surface area contributed by atoms with Gasteiger partial charge >= 0.3 is 0 Å². The Labute approximate surface area is 84.0 Å². The average Bonchev–Trinajstić information content (AvgIpc) is 2.16. The lowest BCUT2D eigenvalue weighted by atomic mass is 10.0. The molecule has 0 spiro atoms. The van der Waals surface area contributed by atoms with Gasteiger partial charge in [0.1, 0.15) is 0 Å². The SMILES string of the molecule is C=C/C=C(CC)\C(=C(/N)CC)C(F)F. The summed E-state index contributed by atoms with van der Waals surface area (Å²) < 4.78 is 25.4. The number of rotatable bonds is 5. The van der Waals surface area contributed by atoms with E-state index >= 15 is 0 Å². The highest BCUT2D eigenvalue weighted by Gasteiger charge is 2.17. The quantitative estimate of drug-likeness (QED) is 0.678. The van der Waals surface area contributed by atoms with Gasteiger partial charge in [-0.05, 0) is 18.4 Å². The molecule has 0 amide bonds. The van der Waals surface area contributed by atoms with Crippen LogP contribution in [0.4, 0.5) is 8.78 Å². The minimum absolute atomic E-state index is 0.0325. The highest BCUT2D eigenvalue weighted by atomic mass is 19.3. The number of hydrogen-bond donors (Lipinski definition) is 1. The van der Waals surface area contributed by atoms with E-state index in [2.05, 4.69) is 6.58 Å². The van der Waals surface area contributed by atoms with Crippen LogP contribution in [0.25, 0.3) is 0 Å². The smallest absolute Gasteiger partial charge is 0.265 e. The maximum atomic E-state index is 12.7. The van der Waals surface area contributed by atoms with Crippen LogP contribution in [0, 0.1) is 0 Å². The van der Waals surface area contributed by atoms with Crippen LogP contribution in [0.2, 0.25) is 0 Å². The molecule has 0 saturated carbocycles. The summed E-state index contributed by atoms with van der Waals surface area (Å²) in [6.45, 7) is 7.07. The molecule has 0 bridgehead atoms. The molecule has 0 aromatic heterocycles. The van der Waals surface area contributed by atoms with Gasteiger partial charge in [0.25, 0.3) is 6.43 Å². The zero-order valence-corrected chi connectivity index (χ0v) is 8.69. The van der Waals surface area contributed by atoms with Crippen LogP contribution in [-0.4, -0.2) is 6.43 Å². The highest BCUT2D eigenvalue weighted by molar-refractivity contribution is 5.37. The van der Waals surface area contributed by atoms with Crippen LogP contribution in [-0.2, 0) is 0 Å². The van der Waals surface area contributed by atoms with Crippen molar-refractivity contribution in [2.24, 2.45) is 5.73 Å². The second-order valence-corrected chi connectivity index (χ2v) is 2.87. The Bertz CT molecular complexity index is 252. The Hall–Kier alpha value is -1.12. The molecule has 0 rings (SSSR count). The van der Waals surface area contributed by atoms with Crippen molar-refractivity contribution in [3.05, 3.63) is 35.6 Å². The first-order valence-electron chi connectivity index (χ1n) is 4.67. The molecule has 1 nitrogen and oxygen atoms in total. The molecule has 0 saturated heterocycles. The maximum absolute atomic E-state index is 12.7. The normalized spacial score (nSPS) is 14.2. The Morgan fingerprint density at radius 3 is 2.21 bits per heavy atom. The Balaban J connectivity index is 5.19. The zero-order valence-electron chi connectivity index (χ0n) is 8.69. The van der Waals surface area contributed by atoms with Crippen molar-refractivity contribution >= 4 is 0 Å². The van der Waals surface area contributed by atoms with Gasteiger partial charge in [0.05, 0.1) is 0 Å². The predicted octanol–water partition coefficient (Wildman–Crippen LogP) is 3.40. The van der Waals surface area contributed by atoms with Crippen molar-refractivity contribution in [1.29, 1.82) is 0 Å². The molecule has 0 aromatic rings. The molecule has 0 aliphatic heterocycles. The van der Waals surface area contributed by atoms with Gasteiger partial charge < -0.3 is 5.73 Å². The van der Waals surface area contributed by atoms with Crippen molar-refractivity contribution in [3.63, 3.8) is 0 Å². The topological polar surface area (TPSA) is 26.0 Å². The fraction of sp³-hybridized carbons (Fsp3) is 0.455. The van der Waals surface area contributed by atoms with Crippen LogP contribution in [0.1, 0.15) is 26.7 Å².